The maximum Gasteiger partial charge on any atom is 0.416 e. The first-order valence-corrected chi connectivity index (χ1v) is 9.19. The Morgan fingerprint density at radius 3 is 2.48 bits per heavy atom. The molecule has 3 nitrogen and oxygen atoms in total. The van der Waals surface area contributed by atoms with Crippen LogP contribution in [0, 0.1) is 13.8 Å². The fourth-order valence-electron chi connectivity index (χ4n) is 3.68. The minimum atomic E-state index is -4.42. The van der Waals surface area contributed by atoms with Crippen LogP contribution in [0.3, 0.4) is 0 Å². The van der Waals surface area contributed by atoms with Gasteiger partial charge in [0.25, 0.3) is 5.91 Å². The quantitative estimate of drug-likeness (QED) is 0.563. The SMILES string of the molecule is Cc1cc(C)c(C=C2C(=O)N(Cc3cccc(C(F)(F)F)c3)c3ccccc32)[nH]1. The van der Waals surface area contributed by atoms with Crippen molar-refractivity contribution in [3.05, 3.63) is 88.2 Å². The molecule has 4 rings (SSSR count). The van der Waals surface area contributed by atoms with E-state index in [1.807, 2.05) is 50.3 Å². The zero-order chi connectivity index (χ0) is 20.8. The van der Waals surface area contributed by atoms with Gasteiger partial charge in [0.1, 0.15) is 0 Å². The van der Waals surface area contributed by atoms with Crippen LogP contribution in [-0.4, -0.2) is 10.9 Å². The van der Waals surface area contributed by atoms with E-state index < -0.39 is 11.7 Å². The fraction of sp³-hybridized carbons (Fsp3) is 0.174. The normalized spacial score (nSPS) is 15.3. The Morgan fingerprint density at radius 2 is 1.79 bits per heavy atom. The van der Waals surface area contributed by atoms with Gasteiger partial charge in [0.2, 0.25) is 0 Å². The molecule has 2 heterocycles. The van der Waals surface area contributed by atoms with Crippen molar-refractivity contribution in [1.29, 1.82) is 0 Å². The van der Waals surface area contributed by atoms with Crippen molar-refractivity contribution < 1.29 is 18.0 Å². The van der Waals surface area contributed by atoms with Crippen LogP contribution in [0.15, 0.2) is 54.6 Å². The lowest BCUT2D eigenvalue weighted by atomic mass is 10.1. The summed E-state index contributed by atoms with van der Waals surface area (Å²) in [4.78, 5) is 18.0. The number of benzene rings is 2. The van der Waals surface area contributed by atoms with E-state index >= 15 is 0 Å². The van der Waals surface area contributed by atoms with E-state index in [0.717, 1.165) is 34.6 Å². The zero-order valence-electron chi connectivity index (χ0n) is 16.0. The third-order valence-corrected chi connectivity index (χ3v) is 5.03. The number of amides is 1. The van der Waals surface area contributed by atoms with Gasteiger partial charge in [0.05, 0.1) is 23.4 Å². The Hall–Kier alpha value is -3.28. The van der Waals surface area contributed by atoms with Crippen molar-refractivity contribution in [2.45, 2.75) is 26.6 Å². The van der Waals surface area contributed by atoms with E-state index in [2.05, 4.69) is 4.98 Å². The molecule has 1 aromatic heterocycles. The number of carbonyl (C=O) groups is 1. The number of carbonyl (C=O) groups excluding carboxylic acids is 1. The molecule has 0 unspecified atom stereocenters. The number of rotatable bonds is 3. The molecule has 1 N–H and O–H groups in total. The number of anilines is 1. The number of aromatic nitrogens is 1. The molecule has 6 heteroatoms. The summed E-state index contributed by atoms with van der Waals surface area (Å²) in [6.45, 7) is 3.97. The number of hydrogen-bond acceptors (Lipinski definition) is 1. The number of halogens is 3. The molecule has 0 bridgehead atoms. The molecular formula is C23H19F3N2O. The zero-order valence-corrected chi connectivity index (χ0v) is 16.0. The van der Waals surface area contributed by atoms with E-state index in [-0.39, 0.29) is 12.5 Å². The summed E-state index contributed by atoms with van der Waals surface area (Å²) < 4.78 is 39.1. The number of nitrogens with zero attached hydrogens (tertiary/aromatic N) is 1. The van der Waals surface area contributed by atoms with Crippen LogP contribution in [0.25, 0.3) is 11.6 Å². The first-order chi connectivity index (χ1) is 13.7. The van der Waals surface area contributed by atoms with Crippen molar-refractivity contribution in [2.24, 2.45) is 0 Å². The van der Waals surface area contributed by atoms with E-state index in [1.54, 1.807) is 6.07 Å². The summed E-state index contributed by atoms with van der Waals surface area (Å²) in [5.74, 6) is -0.227. The van der Waals surface area contributed by atoms with Gasteiger partial charge < -0.3 is 9.88 Å². The van der Waals surface area contributed by atoms with Gasteiger partial charge in [-0.2, -0.15) is 13.2 Å². The standard InChI is InChI=1S/C23H19F3N2O/c1-14-10-15(2)27-20(14)12-19-18-8-3-4-9-21(18)28(22(19)29)13-16-6-5-7-17(11-16)23(24,25)26/h3-12,27H,13H2,1-2H3. The predicted octanol–water partition coefficient (Wildman–Crippen LogP) is 5.74. The molecule has 0 radical (unpaired) electrons. The predicted molar refractivity (Wildman–Crippen MR) is 107 cm³/mol. The number of nitrogens with one attached hydrogen (secondary N) is 1. The summed E-state index contributed by atoms with van der Waals surface area (Å²) in [5.41, 5.74) is 4.57. The minimum Gasteiger partial charge on any atom is -0.359 e. The smallest absolute Gasteiger partial charge is 0.359 e. The largest absolute Gasteiger partial charge is 0.416 e. The second kappa shape index (κ2) is 6.95. The van der Waals surface area contributed by atoms with Crippen molar-refractivity contribution in [3.63, 3.8) is 0 Å². The lowest BCUT2D eigenvalue weighted by Crippen LogP contribution is -2.25. The molecule has 1 amide bonds. The Bertz CT molecular complexity index is 1130. The van der Waals surface area contributed by atoms with Crippen LogP contribution in [0.5, 0.6) is 0 Å². The van der Waals surface area contributed by atoms with Crippen LogP contribution in [-0.2, 0) is 17.5 Å². The van der Waals surface area contributed by atoms with Crippen molar-refractivity contribution in [1.82, 2.24) is 4.98 Å². The number of aromatic amines is 1. The highest BCUT2D eigenvalue weighted by molar-refractivity contribution is 6.35. The number of para-hydroxylation sites is 1. The molecule has 1 aliphatic heterocycles. The molecule has 29 heavy (non-hydrogen) atoms. The maximum absolute atomic E-state index is 13.2. The maximum atomic E-state index is 13.2. The van der Waals surface area contributed by atoms with Crippen molar-refractivity contribution in [3.8, 4) is 0 Å². The molecule has 3 aromatic rings. The Balaban J connectivity index is 1.73. The van der Waals surface area contributed by atoms with E-state index in [9.17, 15) is 18.0 Å². The number of alkyl halides is 3. The highest BCUT2D eigenvalue weighted by Gasteiger charge is 2.34. The molecule has 0 spiro atoms. The molecule has 2 aromatic carbocycles. The number of fused-ring (bicyclic) bond motifs is 1. The topological polar surface area (TPSA) is 36.1 Å². The summed E-state index contributed by atoms with van der Waals surface area (Å²) >= 11 is 0. The van der Waals surface area contributed by atoms with Gasteiger partial charge >= 0.3 is 6.18 Å². The molecule has 0 fully saturated rings. The molecule has 0 saturated carbocycles. The van der Waals surface area contributed by atoms with Gasteiger partial charge in [-0.25, -0.2) is 0 Å². The second-order valence-electron chi connectivity index (χ2n) is 7.21. The number of hydrogen-bond donors (Lipinski definition) is 1. The fourth-order valence-corrected chi connectivity index (χ4v) is 3.68. The third kappa shape index (κ3) is 3.58. The lowest BCUT2D eigenvalue weighted by Gasteiger charge is -2.18. The Kier molecular flexibility index (Phi) is 4.57. The van der Waals surface area contributed by atoms with Gasteiger partial charge in [-0.05, 0) is 55.3 Å². The lowest BCUT2D eigenvalue weighted by molar-refractivity contribution is -0.137. The van der Waals surface area contributed by atoms with Crippen LogP contribution >= 0.6 is 0 Å². The molecule has 0 atom stereocenters. The van der Waals surface area contributed by atoms with E-state index in [4.69, 9.17) is 0 Å². The highest BCUT2D eigenvalue weighted by atomic mass is 19.4. The number of aryl methyl sites for hydroxylation is 2. The van der Waals surface area contributed by atoms with E-state index in [0.29, 0.717) is 16.8 Å². The highest BCUT2D eigenvalue weighted by Crippen LogP contribution is 2.39. The van der Waals surface area contributed by atoms with Gasteiger partial charge in [0, 0.05) is 17.0 Å². The molecule has 0 aliphatic carbocycles. The molecule has 1 aliphatic rings. The first kappa shape index (κ1) is 19.1. The van der Waals surface area contributed by atoms with Crippen molar-refractivity contribution >= 4 is 23.2 Å². The molecule has 0 saturated heterocycles. The van der Waals surface area contributed by atoms with Crippen LogP contribution in [0.2, 0.25) is 0 Å². The summed E-state index contributed by atoms with van der Waals surface area (Å²) in [6.07, 6.45) is -2.60. The van der Waals surface area contributed by atoms with Gasteiger partial charge in [-0.3, -0.25) is 4.79 Å². The summed E-state index contributed by atoms with van der Waals surface area (Å²) in [5, 5.41) is 0. The Labute approximate surface area is 166 Å². The first-order valence-electron chi connectivity index (χ1n) is 9.19. The van der Waals surface area contributed by atoms with Crippen LogP contribution < -0.4 is 4.90 Å². The summed E-state index contributed by atoms with van der Waals surface area (Å²) in [6, 6.07) is 14.4. The molecular weight excluding hydrogens is 377 g/mol. The molecule has 148 valence electrons. The second-order valence-corrected chi connectivity index (χ2v) is 7.21. The summed E-state index contributed by atoms with van der Waals surface area (Å²) in [7, 11) is 0. The minimum absolute atomic E-state index is 0.0693. The van der Waals surface area contributed by atoms with Crippen molar-refractivity contribution in [2.75, 3.05) is 4.90 Å². The third-order valence-electron chi connectivity index (χ3n) is 5.03. The average Bonchev–Trinajstić information content (AvgIpc) is 3.12. The van der Waals surface area contributed by atoms with Crippen LogP contribution in [0.4, 0.5) is 18.9 Å². The van der Waals surface area contributed by atoms with Crippen LogP contribution in [0.1, 0.15) is 33.6 Å². The van der Waals surface area contributed by atoms with Gasteiger partial charge in [0.15, 0.2) is 0 Å². The van der Waals surface area contributed by atoms with E-state index in [1.165, 1.54) is 11.0 Å². The van der Waals surface area contributed by atoms with Gasteiger partial charge in [-0.1, -0.05) is 30.3 Å². The average molecular weight is 396 g/mol. The Morgan fingerprint density at radius 1 is 1.03 bits per heavy atom. The monoisotopic (exact) mass is 396 g/mol. The number of H-pyrrole nitrogens is 1. The van der Waals surface area contributed by atoms with Gasteiger partial charge in [-0.15, -0.1) is 0 Å².